The van der Waals surface area contributed by atoms with Gasteiger partial charge in [0.1, 0.15) is 13.3 Å². The van der Waals surface area contributed by atoms with Crippen molar-refractivity contribution in [2.24, 2.45) is 0 Å². The molecule has 2 heterocycles. The fourth-order valence-electron chi connectivity index (χ4n) is 2.53. The zero-order chi connectivity index (χ0) is 16.9. The van der Waals surface area contributed by atoms with E-state index in [1.165, 1.54) is 6.07 Å². The van der Waals surface area contributed by atoms with Crippen LogP contribution in [0, 0.1) is 0 Å². The van der Waals surface area contributed by atoms with E-state index < -0.39 is 0 Å². The van der Waals surface area contributed by atoms with Crippen molar-refractivity contribution in [3.05, 3.63) is 76.7 Å². The Morgan fingerprint density at radius 1 is 1.21 bits per heavy atom. The molecular formula is C18H19N3O3. The highest BCUT2D eigenvalue weighted by Gasteiger charge is 2.28. The van der Waals surface area contributed by atoms with Crippen LogP contribution in [0.15, 0.2) is 60.0 Å². The van der Waals surface area contributed by atoms with E-state index in [0.29, 0.717) is 19.6 Å². The molecule has 1 aliphatic heterocycles. The molecule has 0 aliphatic carbocycles. The summed E-state index contributed by atoms with van der Waals surface area (Å²) < 4.78 is 7.25. The fraction of sp³-hybridized carbons (Fsp3) is 0.222. The van der Waals surface area contributed by atoms with Crippen LogP contribution in [0.4, 0.5) is 0 Å². The molecule has 1 N–H and O–H groups in total. The van der Waals surface area contributed by atoms with Crippen molar-refractivity contribution in [2.45, 2.75) is 13.0 Å². The van der Waals surface area contributed by atoms with Crippen LogP contribution in [-0.2, 0) is 6.61 Å². The van der Waals surface area contributed by atoms with Crippen LogP contribution in [0.25, 0.3) is 0 Å². The third kappa shape index (κ3) is 3.17. The summed E-state index contributed by atoms with van der Waals surface area (Å²) in [5.41, 5.74) is 3.94. The Balaban J connectivity index is 1.89. The Bertz CT molecular complexity index is 799. The third-order valence-electron chi connectivity index (χ3n) is 3.81. The molecule has 0 bridgehead atoms. The molecule has 6 heteroatoms. The molecule has 2 aromatic rings. The first-order valence-corrected chi connectivity index (χ1v) is 7.77. The Morgan fingerprint density at radius 3 is 2.75 bits per heavy atom. The predicted octanol–water partition coefficient (Wildman–Crippen LogP) is 1.96. The molecule has 1 aliphatic rings. The highest BCUT2D eigenvalue weighted by molar-refractivity contribution is 5.96. The topological polar surface area (TPSA) is 63.6 Å². The van der Waals surface area contributed by atoms with Gasteiger partial charge >= 0.3 is 0 Å². The van der Waals surface area contributed by atoms with Crippen LogP contribution in [-0.4, -0.2) is 28.7 Å². The van der Waals surface area contributed by atoms with Gasteiger partial charge in [0.15, 0.2) is 11.4 Å². The standard InChI is InChI=1S/C18H19N3O3/c1-2-3-10-20-13-19-21-11-9-15(22)17(16(21)18(20)23)24-12-14-7-5-4-6-8-14/h2,4-9,11,19H,1,3,10,12-13H2. The summed E-state index contributed by atoms with van der Waals surface area (Å²) in [5, 5.41) is 0. The molecule has 0 radical (unpaired) electrons. The SMILES string of the molecule is C=CCCN1CNn2ccc(=O)c(OCc3ccccc3)c2C1=O. The third-order valence-corrected chi connectivity index (χ3v) is 3.81. The van der Waals surface area contributed by atoms with E-state index in [4.69, 9.17) is 4.74 Å². The van der Waals surface area contributed by atoms with E-state index in [9.17, 15) is 9.59 Å². The molecule has 0 unspecified atom stereocenters. The first-order valence-electron chi connectivity index (χ1n) is 7.77. The smallest absolute Gasteiger partial charge is 0.277 e. The second kappa shape index (κ2) is 7.04. The van der Waals surface area contributed by atoms with Gasteiger partial charge in [0.05, 0.1) is 0 Å². The van der Waals surface area contributed by atoms with Crippen LogP contribution in [0.3, 0.4) is 0 Å². The number of fused-ring (bicyclic) bond motifs is 1. The summed E-state index contributed by atoms with van der Waals surface area (Å²) in [6, 6.07) is 10.9. The molecule has 1 aromatic heterocycles. The summed E-state index contributed by atoms with van der Waals surface area (Å²) in [6.07, 6.45) is 3.99. The highest BCUT2D eigenvalue weighted by Crippen LogP contribution is 2.19. The van der Waals surface area contributed by atoms with Crippen LogP contribution >= 0.6 is 0 Å². The van der Waals surface area contributed by atoms with Gasteiger partial charge in [-0.25, -0.2) is 0 Å². The minimum Gasteiger partial charge on any atom is -0.482 e. The van der Waals surface area contributed by atoms with Gasteiger partial charge in [-0.15, -0.1) is 6.58 Å². The lowest BCUT2D eigenvalue weighted by atomic mass is 10.2. The van der Waals surface area contributed by atoms with Gasteiger partial charge in [0, 0.05) is 18.8 Å². The monoisotopic (exact) mass is 325 g/mol. The molecule has 124 valence electrons. The van der Waals surface area contributed by atoms with Crippen molar-refractivity contribution in [1.82, 2.24) is 9.58 Å². The summed E-state index contributed by atoms with van der Waals surface area (Å²) in [4.78, 5) is 26.6. The number of carbonyl (C=O) groups excluding carboxylic acids is 1. The van der Waals surface area contributed by atoms with Crippen LogP contribution in [0.2, 0.25) is 0 Å². The maximum atomic E-state index is 12.7. The maximum Gasteiger partial charge on any atom is 0.277 e. The number of nitrogens with zero attached hydrogens (tertiary/aromatic N) is 2. The fourth-order valence-corrected chi connectivity index (χ4v) is 2.53. The number of hydrogen-bond acceptors (Lipinski definition) is 4. The molecule has 1 amide bonds. The second-order valence-corrected chi connectivity index (χ2v) is 5.46. The Labute approximate surface area is 139 Å². The predicted molar refractivity (Wildman–Crippen MR) is 91.6 cm³/mol. The Hall–Kier alpha value is -3.02. The van der Waals surface area contributed by atoms with Gasteiger partial charge in [-0.3, -0.25) is 14.3 Å². The molecule has 0 fully saturated rings. The average molecular weight is 325 g/mol. The minimum atomic E-state index is -0.307. The first kappa shape index (κ1) is 15.9. The Morgan fingerprint density at radius 2 is 2.00 bits per heavy atom. The van der Waals surface area contributed by atoms with E-state index in [0.717, 1.165) is 5.56 Å². The van der Waals surface area contributed by atoms with E-state index in [-0.39, 0.29) is 29.4 Å². The van der Waals surface area contributed by atoms with Crippen molar-refractivity contribution in [1.29, 1.82) is 0 Å². The maximum absolute atomic E-state index is 12.7. The van der Waals surface area contributed by atoms with E-state index in [2.05, 4.69) is 12.0 Å². The number of carbonyl (C=O) groups is 1. The highest BCUT2D eigenvalue weighted by atomic mass is 16.5. The lowest BCUT2D eigenvalue weighted by Gasteiger charge is -2.31. The lowest BCUT2D eigenvalue weighted by molar-refractivity contribution is 0.0722. The number of amides is 1. The zero-order valence-corrected chi connectivity index (χ0v) is 13.3. The van der Waals surface area contributed by atoms with E-state index in [1.54, 1.807) is 21.8 Å². The van der Waals surface area contributed by atoms with Gasteiger partial charge in [-0.2, -0.15) is 0 Å². The summed E-state index contributed by atoms with van der Waals surface area (Å²) >= 11 is 0. The molecular weight excluding hydrogens is 306 g/mol. The molecule has 3 rings (SSSR count). The number of ether oxygens (including phenoxy) is 1. The number of benzene rings is 1. The van der Waals surface area contributed by atoms with E-state index in [1.807, 2.05) is 30.3 Å². The largest absolute Gasteiger partial charge is 0.482 e. The molecule has 1 aromatic carbocycles. The van der Waals surface area contributed by atoms with Crippen molar-refractivity contribution < 1.29 is 9.53 Å². The first-order chi connectivity index (χ1) is 11.7. The molecule has 6 nitrogen and oxygen atoms in total. The summed E-state index contributed by atoms with van der Waals surface area (Å²) in [6.45, 7) is 4.81. The number of rotatable bonds is 6. The molecule has 24 heavy (non-hydrogen) atoms. The van der Waals surface area contributed by atoms with Crippen molar-refractivity contribution in [2.75, 3.05) is 18.6 Å². The second-order valence-electron chi connectivity index (χ2n) is 5.46. The zero-order valence-electron chi connectivity index (χ0n) is 13.3. The normalized spacial score (nSPS) is 13.2. The average Bonchev–Trinajstić information content (AvgIpc) is 2.61. The van der Waals surface area contributed by atoms with Gasteiger partial charge in [0.25, 0.3) is 5.91 Å². The molecule has 0 spiro atoms. The lowest BCUT2D eigenvalue weighted by Crippen LogP contribution is -2.46. The van der Waals surface area contributed by atoms with E-state index >= 15 is 0 Å². The van der Waals surface area contributed by atoms with Crippen LogP contribution in [0.5, 0.6) is 5.75 Å². The Kier molecular flexibility index (Phi) is 4.65. The molecule has 0 saturated heterocycles. The summed E-state index contributed by atoms with van der Waals surface area (Å²) in [5.74, 6) is -0.154. The van der Waals surface area contributed by atoms with Gasteiger partial charge in [0.2, 0.25) is 5.43 Å². The van der Waals surface area contributed by atoms with Crippen LogP contribution in [0.1, 0.15) is 22.5 Å². The van der Waals surface area contributed by atoms with Gasteiger partial charge in [-0.05, 0) is 12.0 Å². The van der Waals surface area contributed by atoms with Crippen LogP contribution < -0.4 is 15.6 Å². The van der Waals surface area contributed by atoms with Crippen molar-refractivity contribution >= 4 is 5.91 Å². The van der Waals surface area contributed by atoms with Crippen molar-refractivity contribution in [3.63, 3.8) is 0 Å². The van der Waals surface area contributed by atoms with Gasteiger partial charge < -0.3 is 15.1 Å². The van der Waals surface area contributed by atoms with Gasteiger partial charge in [-0.1, -0.05) is 36.4 Å². The van der Waals surface area contributed by atoms with Crippen molar-refractivity contribution in [3.8, 4) is 5.75 Å². The number of aromatic nitrogens is 1. The molecule has 0 saturated carbocycles. The quantitative estimate of drug-likeness (QED) is 0.825. The summed E-state index contributed by atoms with van der Waals surface area (Å²) in [7, 11) is 0. The molecule has 0 atom stereocenters. The minimum absolute atomic E-state index is 0.0714. The number of nitrogens with one attached hydrogen (secondary N) is 1. The number of hydrogen-bond donors (Lipinski definition) is 1. The number of pyridine rings is 1.